The second-order valence-corrected chi connectivity index (χ2v) is 9.57. The van der Waals surface area contributed by atoms with Crippen LogP contribution in [0.1, 0.15) is 52.3 Å². The number of benzene rings is 2. The van der Waals surface area contributed by atoms with Crippen molar-refractivity contribution in [2.75, 3.05) is 6.26 Å². The van der Waals surface area contributed by atoms with Crippen LogP contribution in [0.25, 0.3) is 0 Å². The number of aryl methyl sites for hydroxylation is 2. The number of carbonyl (C=O) groups is 1. The molecule has 3 aromatic rings. The van der Waals surface area contributed by atoms with Gasteiger partial charge in [0.15, 0.2) is 9.84 Å². The summed E-state index contributed by atoms with van der Waals surface area (Å²) in [6.45, 7) is 6.63. The number of hydrogen-bond acceptors (Lipinski definition) is 4. The van der Waals surface area contributed by atoms with Crippen LogP contribution < -0.4 is 5.32 Å². The van der Waals surface area contributed by atoms with Crippen LogP contribution in [0.15, 0.2) is 59.5 Å². The fourth-order valence-corrected chi connectivity index (χ4v) is 4.01. The summed E-state index contributed by atoms with van der Waals surface area (Å²) in [6.07, 6.45) is 1.87. The minimum atomic E-state index is -3.24. The van der Waals surface area contributed by atoms with E-state index in [9.17, 15) is 13.2 Å². The maximum absolute atomic E-state index is 12.7. The third-order valence-electron chi connectivity index (χ3n) is 5.08. The standard InChI is InChI=1S/C23H27N3O3S/c1-5-22(19-10-12-21(13-11-19)30(4,28)29)24-23(27)20-8-6-18(7-9-20)15-26-17(3)14-16(2)25-26/h6-14,22H,5,15H2,1-4H3,(H,24,27). The van der Waals surface area contributed by atoms with Gasteiger partial charge in [-0.1, -0.05) is 31.2 Å². The Bertz CT molecular complexity index is 1130. The zero-order valence-corrected chi connectivity index (χ0v) is 18.5. The fraction of sp³-hybridized carbons (Fsp3) is 0.304. The van der Waals surface area contributed by atoms with Gasteiger partial charge in [0.1, 0.15) is 0 Å². The van der Waals surface area contributed by atoms with Crippen molar-refractivity contribution in [2.45, 2.75) is 44.7 Å². The summed E-state index contributed by atoms with van der Waals surface area (Å²) < 4.78 is 25.2. The number of amides is 1. The van der Waals surface area contributed by atoms with Crippen LogP contribution in [-0.4, -0.2) is 30.4 Å². The summed E-state index contributed by atoms with van der Waals surface area (Å²) >= 11 is 0. The zero-order chi connectivity index (χ0) is 21.9. The molecule has 0 bridgehead atoms. The van der Waals surface area contributed by atoms with Crippen molar-refractivity contribution in [3.8, 4) is 0 Å². The minimum absolute atomic E-state index is 0.160. The number of nitrogens with one attached hydrogen (secondary N) is 1. The van der Waals surface area contributed by atoms with E-state index in [-0.39, 0.29) is 16.8 Å². The van der Waals surface area contributed by atoms with Gasteiger partial charge in [0, 0.05) is 17.5 Å². The smallest absolute Gasteiger partial charge is 0.251 e. The van der Waals surface area contributed by atoms with Gasteiger partial charge in [-0.25, -0.2) is 8.42 Å². The van der Waals surface area contributed by atoms with Gasteiger partial charge in [-0.3, -0.25) is 9.48 Å². The van der Waals surface area contributed by atoms with Crippen molar-refractivity contribution in [1.29, 1.82) is 0 Å². The average molecular weight is 426 g/mol. The maximum atomic E-state index is 12.7. The van der Waals surface area contributed by atoms with E-state index in [0.717, 1.165) is 22.5 Å². The molecule has 0 fully saturated rings. The first-order chi connectivity index (χ1) is 14.2. The second kappa shape index (κ2) is 8.83. The molecule has 0 spiro atoms. The predicted molar refractivity (Wildman–Crippen MR) is 117 cm³/mol. The number of hydrogen-bond donors (Lipinski definition) is 1. The third kappa shape index (κ3) is 5.16. The van der Waals surface area contributed by atoms with E-state index in [1.54, 1.807) is 24.3 Å². The number of sulfone groups is 1. The highest BCUT2D eigenvalue weighted by Crippen LogP contribution is 2.20. The highest BCUT2D eigenvalue weighted by atomic mass is 32.2. The zero-order valence-electron chi connectivity index (χ0n) is 17.7. The van der Waals surface area contributed by atoms with Gasteiger partial charge < -0.3 is 5.32 Å². The lowest BCUT2D eigenvalue weighted by Gasteiger charge is -2.18. The first-order valence-electron chi connectivity index (χ1n) is 9.88. The number of aromatic nitrogens is 2. The Balaban J connectivity index is 1.68. The second-order valence-electron chi connectivity index (χ2n) is 7.56. The molecule has 1 heterocycles. The molecule has 0 aliphatic carbocycles. The molecule has 6 nitrogen and oxygen atoms in total. The molecule has 1 N–H and O–H groups in total. The summed E-state index contributed by atoms with van der Waals surface area (Å²) in [7, 11) is -3.24. The predicted octanol–water partition coefficient (Wildman–Crippen LogP) is 3.83. The molecule has 3 rings (SSSR count). The van der Waals surface area contributed by atoms with Crippen molar-refractivity contribution in [3.05, 3.63) is 82.7 Å². The van der Waals surface area contributed by atoms with Crippen LogP contribution in [-0.2, 0) is 16.4 Å². The monoisotopic (exact) mass is 425 g/mol. The Kier molecular flexibility index (Phi) is 6.41. The molecule has 1 amide bonds. The van der Waals surface area contributed by atoms with Crippen LogP contribution in [0.3, 0.4) is 0 Å². The van der Waals surface area contributed by atoms with Crippen molar-refractivity contribution < 1.29 is 13.2 Å². The van der Waals surface area contributed by atoms with E-state index < -0.39 is 9.84 Å². The summed E-state index contributed by atoms with van der Waals surface area (Å²) in [6, 6.07) is 16.0. The molecule has 158 valence electrons. The summed E-state index contributed by atoms with van der Waals surface area (Å²) in [4.78, 5) is 13.0. The molecule has 1 aromatic heterocycles. The molecule has 1 unspecified atom stereocenters. The van der Waals surface area contributed by atoms with Crippen LogP contribution in [0.2, 0.25) is 0 Å². The van der Waals surface area contributed by atoms with Gasteiger partial charge in [0.2, 0.25) is 0 Å². The molecule has 0 saturated heterocycles. The lowest BCUT2D eigenvalue weighted by Crippen LogP contribution is -2.28. The van der Waals surface area contributed by atoms with Crippen LogP contribution in [0.5, 0.6) is 0 Å². The van der Waals surface area contributed by atoms with Crippen molar-refractivity contribution in [2.24, 2.45) is 0 Å². The fourth-order valence-electron chi connectivity index (χ4n) is 3.38. The molecule has 2 aromatic carbocycles. The topological polar surface area (TPSA) is 81.1 Å². The highest BCUT2D eigenvalue weighted by Gasteiger charge is 2.15. The van der Waals surface area contributed by atoms with Gasteiger partial charge in [0.25, 0.3) is 5.91 Å². The van der Waals surface area contributed by atoms with E-state index in [0.29, 0.717) is 18.5 Å². The van der Waals surface area contributed by atoms with Crippen molar-refractivity contribution >= 4 is 15.7 Å². The summed E-state index contributed by atoms with van der Waals surface area (Å²) in [5.74, 6) is -0.160. The molecule has 1 atom stereocenters. The molecule has 7 heteroatoms. The van der Waals surface area contributed by atoms with Crippen molar-refractivity contribution in [3.63, 3.8) is 0 Å². The first-order valence-corrected chi connectivity index (χ1v) is 11.8. The number of nitrogens with zero attached hydrogens (tertiary/aromatic N) is 2. The largest absolute Gasteiger partial charge is 0.345 e. The lowest BCUT2D eigenvalue weighted by atomic mass is 10.0. The molecule has 30 heavy (non-hydrogen) atoms. The third-order valence-corrected chi connectivity index (χ3v) is 6.20. The number of carbonyl (C=O) groups excluding carboxylic acids is 1. The molecular weight excluding hydrogens is 398 g/mol. The molecule has 0 radical (unpaired) electrons. The van der Waals surface area contributed by atoms with Crippen LogP contribution >= 0.6 is 0 Å². The Morgan fingerprint density at radius 2 is 1.70 bits per heavy atom. The quantitative estimate of drug-likeness (QED) is 0.624. The summed E-state index contributed by atoms with van der Waals surface area (Å²) in [5.41, 5.74) is 4.61. The summed E-state index contributed by atoms with van der Waals surface area (Å²) in [5, 5.41) is 7.50. The van der Waals surface area contributed by atoms with Gasteiger partial charge in [-0.2, -0.15) is 5.10 Å². The van der Waals surface area contributed by atoms with Crippen LogP contribution in [0, 0.1) is 13.8 Å². The average Bonchev–Trinajstić information content (AvgIpc) is 3.02. The lowest BCUT2D eigenvalue weighted by molar-refractivity contribution is 0.0935. The Labute approximate surface area is 177 Å². The van der Waals surface area contributed by atoms with Gasteiger partial charge in [-0.15, -0.1) is 0 Å². The van der Waals surface area contributed by atoms with Gasteiger partial charge in [0.05, 0.1) is 23.2 Å². The maximum Gasteiger partial charge on any atom is 0.251 e. The number of rotatable bonds is 7. The van der Waals surface area contributed by atoms with Gasteiger partial charge in [-0.05, 0) is 61.7 Å². The Hall–Kier alpha value is -2.93. The minimum Gasteiger partial charge on any atom is -0.345 e. The Morgan fingerprint density at radius 1 is 1.07 bits per heavy atom. The van der Waals surface area contributed by atoms with Crippen molar-refractivity contribution in [1.82, 2.24) is 15.1 Å². The van der Waals surface area contributed by atoms with E-state index in [2.05, 4.69) is 10.4 Å². The van der Waals surface area contributed by atoms with E-state index in [4.69, 9.17) is 0 Å². The molecule has 0 aliphatic heterocycles. The Morgan fingerprint density at radius 3 is 2.20 bits per heavy atom. The van der Waals surface area contributed by atoms with Gasteiger partial charge >= 0.3 is 0 Å². The van der Waals surface area contributed by atoms with E-state index >= 15 is 0 Å². The molecule has 0 aliphatic rings. The molecule has 0 saturated carbocycles. The highest BCUT2D eigenvalue weighted by molar-refractivity contribution is 7.90. The first kappa shape index (κ1) is 21.8. The SMILES string of the molecule is CCC(NC(=O)c1ccc(Cn2nc(C)cc2C)cc1)c1ccc(S(C)(=O)=O)cc1. The van der Waals surface area contributed by atoms with Crippen LogP contribution in [0.4, 0.5) is 0 Å². The normalized spacial score (nSPS) is 12.5. The van der Waals surface area contributed by atoms with E-state index in [1.165, 1.54) is 6.26 Å². The van der Waals surface area contributed by atoms with E-state index in [1.807, 2.05) is 55.8 Å². The molecular formula is C23H27N3O3S.